The number of amides is 3. The number of H-pyrrole nitrogens is 1. The smallest absolute Gasteiger partial charge is 0.408 e. The molecule has 0 saturated carbocycles. The molecule has 0 unspecified atom stereocenters. The fraction of sp³-hybridized carbons (Fsp3) is 0.421. The fourth-order valence-corrected chi connectivity index (χ4v) is 2.40. The number of ether oxygens (including phenoxy) is 1. The number of nitrogens with zero attached hydrogens (tertiary/aromatic N) is 2. The van der Waals surface area contributed by atoms with Crippen LogP contribution in [0.2, 0.25) is 0 Å². The second-order valence-electron chi connectivity index (χ2n) is 7.57. The van der Waals surface area contributed by atoms with Crippen LogP contribution in [0, 0.1) is 0 Å². The number of nitrogens with one attached hydrogen (secondary N) is 3. The van der Waals surface area contributed by atoms with Crippen LogP contribution < -0.4 is 16.4 Å². The molecular formula is C19H26N6O4. The van der Waals surface area contributed by atoms with Gasteiger partial charge in [-0.05, 0) is 34.6 Å². The molecule has 10 heteroatoms. The van der Waals surface area contributed by atoms with Crippen molar-refractivity contribution >= 4 is 40.3 Å². The molecule has 2 aromatic rings. The third kappa shape index (κ3) is 6.03. The van der Waals surface area contributed by atoms with Gasteiger partial charge in [0.2, 0.25) is 5.91 Å². The molecule has 0 spiro atoms. The van der Waals surface area contributed by atoms with E-state index in [9.17, 15) is 14.4 Å². The van der Waals surface area contributed by atoms with E-state index in [4.69, 9.17) is 10.5 Å². The van der Waals surface area contributed by atoms with Gasteiger partial charge in [-0.15, -0.1) is 10.2 Å². The molecular weight excluding hydrogens is 376 g/mol. The number of aromatic nitrogens is 1. The second kappa shape index (κ2) is 8.72. The average Bonchev–Trinajstić information content (AvgIpc) is 2.94. The first-order valence-corrected chi connectivity index (χ1v) is 9.09. The summed E-state index contributed by atoms with van der Waals surface area (Å²) in [5, 5.41) is 14.0. The third-order valence-corrected chi connectivity index (χ3v) is 3.83. The topological polar surface area (TPSA) is 151 Å². The van der Waals surface area contributed by atoms with Crippen molar-refractivity contribution < 1.29 is 19.1 Å². The largest absolute Gasteiger partial charge is 0.444 e. The summed E-state index contributed by atoms with van der Waals surface area (Å²) in [6.07, 6.45) is -0.727. The number of hydrogen-bond donors (Lipinski definition) is 4. The second-order valence-corrected chi connectivity index (χ2v) is 7.57. The summed E-state index contributed by atoms with van der Waals surface area (Å²) in [6, 6.07) is 5.44. The van der Waals surface area contributed by atoms with Gasteiger partial charge >= 0.3 is 6.09 Å². The minimum absolute atomic E-state index is 0.352. The van der Waals surface area contributed by atoms with Crippen molar-refractivity contribution in [2.45, 2.75) is 52.3 Å². The molecule has 0 aliphatic rings. The van der Waals surface area contributed by atoms with E-state index in [0.717, 1.165) is 10.8 Å². The van der Waals surface area contributed by atoms with Crippen LogP contribution in [0.4, 0.5) is 16.4 Å². The number of carbonyl (C=O) groups is 3. The lowest BCUT2D eigenvalue weighted by Gasteiger charge is -2.22. The Bertz CT molecular complexity index is 944. The van der Waals surface area contributed by atoms with E-state index < -0.39 is 35.6 Å². The van der Waals surface area contributed by atoms with Crippen LogP contribution in [0.5, 0.6) is 0 Å². The number of azo groups is 1. The van der Waals surface area contributed by atoms with Crippen LogP contribution >= 0.6 is 0 Å². The first-order chi connectivity index (χ1) is 13.5. The van der Waals surface area contributed by atoms with E-state index >= 15 is 0 Å². The molecule has 0 saturated heterocycles. The molecule has 0 fully saturated rings. The SMILES string of the molecule is C[C@H](NC(=O)[C@H](C)NC(=O)OC(C)(C)C)C(=O)N=Nc1[nH]c(N)c2ccccc12. The molecule has 5 N–H and O–H groups in total. The Labute approximate surface area is 168 Å². The van der Waals surface area contributed by atoms with Gasteiger partial charge in [0, 0.05) is 10.8 Å². The first kappa shape index (κ1) is 21.9. The Kier molecular flexibility index (Phi) is 6.57. The van der Waals surface area contributed by atoms with Crippen LogP contribution in [-0.4, -0.2) is 40.6 Å². The Hall–Kier alpha value is -3.43. The monoisotopic (exact) mass is 402 g/mol. The standard InChI is InChI=1S/C19H26N6O4/c1-10(22-18(28)29-19(3,4)5)16(26)21-11(2)17(27)25-24-15-13-9-7-6-8-12(13)14(20)23-15/h6-11,23H,20H2,1-5H3,(H,21,26)(H,22,28)/t10-,11-/m0/s1. The number of aromatic amines is 1. The lowest BCUT2D eigenvalue weighted by atomic mass is 10.2. The Morgan fingerprint density at radius 2 is 1.69 bits per heavy atom. The van der Waals surface area contributed by atoms with E-state index in [1.54, 1.807) is 26.8 Å². The van der Waals surface area contributed by atoms with Gasteiger partial charge in [0.15, 0.2) is 5.82 Å². The zero-order valence-electron chi connectivity index (χ0n) is 17.1. The van der Waals surface area contributed by atoms with Crippen molar-refractivity contribution in [1.29, 1.82) is 0 Å². The van der Waals surface area contributed by atoms with Crippen molar-refractivity contribution in [3.05, 3.63) is 24.3 Å². The zero-order chi connectivity index (χ0) is 21.8. The predicted octanol–water partition coefficient (Wildman–Crippen LogP) is 2.78. The van der Waals surface area contributed by atoms with Crippen LogP contribution in [0.25, 0.3) is 10.8 Å². The number of carbonyl (C=O) groups excluding carboxylic acids is 3. The summed E-state index contributed by atoms with van der Waals surface area (Å²) >= 11 is 0. The Morgan fingerprint density at radius 1 is 1.07 bits per heavy atom. The molecule has 2 atom stereocenters. The fourth-order valence-electron chi connectivity index (χ4n) is 2.40. The normalized spacial score (nSPS) is 13.8. The van der Waals surface area contributed by atoms with Gasteiger partial charge < -0.3 is 26.1 Å². The van der Waals surface area contributed by atoms with E-state index in [0.29, 0.717) is 11.6 Å². The highest BCUT2D eigenvalue weighted by Crippen LogP contribution is 2.30. The lowest BCUT2D eigenvalue weighted by molar-refractivity contribution is -0.128. The van der Waals surface area contributed by atoms with Gasteiger partial charge in [0.25, 0.3) is 5.91 Å². The number of rotatable bonds is 5. The van der Waals surface area contributed by atoms with Crippen molar-refractivity contribution in [3.8, 4) is 0 Å². The molecule has 0 aliphatic carbocycles. The minimum Gasteiger partial charge on any atom is -0.444 e. The molecule has 29 heavy (non-hydrogen) atoms. The highest BCUT2D eigenvalue weighted by Gasteiger charge is 2.23. The van der Waals surface area contributed by atoms with Crippen LogP contribution in [0.15, 0.2) is 34.5 Å². The predicted molar refractivity (Wildman–Crippen MR) is 109 cm³/mol. The summed E-state index contributed by atoms with van der Waals surface area (Å²) in [7, 11) is 0. The van der Waals surface area contributed by atoms with Gasteiger partial charge in [0.1, 0.15) is 23.5 Å². The van der Waals surface area contributed by atoms with Crippen LogP contribution in [0.1, 0.15) is 34.6 Å². The molecule has 0 radical (unpaired) electrons. The highest BCUT2D eigenvalue weighted by molar-refractivity contribution is 5.99. The number of hydrogen-bond acceptors (Lipinski definition) is 6. The van der Waals surface area contributed by atoms with Crippen LogP contribution in [-0.2, 0) is 14.3 Å². The highest BCUT2D eigenvalue weighted by atomic mass is 16.6. The minimum atomic E-state index is -0.937. The summed E-state index contributed by atoms with van der Waals surface area (Å²) in [5.41, 5.74) is 5.19. The van der Waals surface area contributed by atoms with E-state index in [-0.39, 0.29) is 0 Å². The lowest BCUT2D eigenvalue weighted by Crippen LogP contribution is -2.50. The molecule has 1 aromatic heterocycles. The number of fused-ring (bicyclic) bond motifs is 1. The molecule has 1 aromatic carbocycles. The molecule has 0 bridgehead atoms. The van der Waals surface area contributed by atoms with E-state index in [1.807, 2.05) is 18.2 Å². The van der Waals surface area contributed by atoms with Crippen molar-refractivity contribution in [1.82, 2.24) is 15.6 Å². The van der Waals surface area contributed by atoms with Crippen molar-refractivity contribution in [3.63, 3.8) is 0 Å². The Morgan fingerprint density at radius 3 is 2.31 bits per heavy atom. The first-order valence-electron chi connectivity index (χ1n) is 9.09. The summed E-state index contributed by atoms with van der Waals surface area (Å²) in [6.45, 7) is 8.09. The van der Waals surface area contributed by atoms with Gasteiger partial charge in [-0.2, -0.15) is 0 Å². The average molecular weight is 402 g/mol. The summed E-state index contributed by atoms with van der Waals surface area (Å²) in [4.78, 5) is 39.0. The van der Waals surface area contributed by atoms with Gasteiger partial charge in [0.05, 0.1) is 0 Å². The number of nitrogens with two attached hydrogens (primary N) is 1. The van der Waals surface area contributed by atoms with Crippen LogP contribution in [0.3, 0.4) is 0 Å². The third-order valence-electron chi connectivity index (χ3n) is 3.83. The molecule has 3 amide bonds. The maximum atomic E-state index is 12.2. The maximum Gasteiger partial charge on any atom is 0.408 e. The number of anilines is 1. The molecule has 0 aliphatic heterocycles. The van der Waals surface area contributed by atoms with Gasteiger partial charge in [-0.3, -0.25) is 9.59 Å². The zero-order valence-corrected chi connectivity index (χ0v) is 17.1. The summed E-state index contributed by atoms with van der Waals surface area (Å²) in [5.74, 6) is -0.433. The molecule has 2 rings (SSSR count). The number of nitrogen functional groups attached to an aromatic ring is 1. The number of alkyl carbamates (subject to hydrolysis) is 1. The van der Waals surface area contributed by atoms with Gasteiger partial charge in [-0.25, -0.2) is 4.79 Å². The molecule has 1 heterocycles. The van der Waals surface area contributed by atoms with Crippen molar-refractivity contribution in [2.75, 3.05) is 5.73 Å². The molecule has 10 nitrogen and oxygen atoms in total. The van der Waals surface area contributed by atoms with Crippen molar-refractivity contribution in [2.24, 2.45) is 10.2 Å². The maximum absolute atomic E-state index is 12.2. The van der Waals surface area contributed by atoms with E-state index in [2.05, 4.69) is 25.8 Å². The summed E-state index contributed by atoms with van der Waals surface area (Å²) < 4.78 is 5.09. The number of benzene rings is 1. The van der Waals surface area contributed by atoms with Gasteiger partial charge in [-0.1, -0.05) is 24.3 Å². The van der Waals surface area contributed by atoms with E-state index in [1.165, 1.54) is 13.8 Å². The molecule has 156 valence electrons. The quantitative estimate of drug-likeness (QED) is 0.567. The Balaban J connectivity index is 1.95.